The van der Waals surface area contributed by atoms with Gasteiger partial charge in [-0.25, -0.2) is 0 Å². The number of thioether (sulfide) groups is 1. The monoisotopic (exact) mass is 573 g/mol. The van der Waals surface area contributed by atoms with Crippen LogP contribution in [0.1, 0.15) is 38.2 Å². The molecule has 2 aliphatic heterocycles. The van der Waals surface area contributed by atoms with Crippen molar-refractivity contribution < 1.29 is 9.59 Å². The molecule has 0 spiro atoms. The van der Waals surface area contributed by atoms with Crippen LogP contribution in [0, 0.1) is 20.8 Å². The van der Waals surface area contributed by atoms with E-state index in [0.29, 0.717) is 30.1 Å². The van der Waals surface area contributed by atoms with Gasteiger partial charge in [0.05, 0.1) is 17.1 Å². The molecule has 1 saturated heterocycles. The predicted molar refractivity (Wildman–Crippen MR) is 173 cm³/mol. The molecule has 0 radical (unpaired) electrons. The molecular formula is C36H35N3O2S. The highest BCUT2D eigenvalue weighted by atomic mass is 32.2. The minimum atomic E-state index is -0.0103. The summed E-state index contributed by atoms with van der Waals surface area (Å²) in [5.74, 6) is 0.0418. The van der Waals surface area contributed by atoms with Crippen molar-refractivity contribution in [2.75, 3.05) is 36.0 Å². The normalized spacial score (nSPS) is 16.1. The van der Waals surface area contributed by atoms with Crippen molar-refractivity contribution in [3.05, 3.63) is 129 Å². The molecule has 0 unspecified atom stereocenters. The van der Waals surface area contributed by atoms with Crippen LogP contribution >= 0.6 is 11.8 Å². The zero-order chi connectivity index (χ0) is 29.2. The van der Waals surface area contributed by atoms with Gasteiger partial charge in [-0.05, 0) is 85.0 Å². The Bertz CT molecular complexity index is 1670. The number of nitrogens with zero attached hydrogens (tertiary/aromatic N) is 3. The molecule has 6 rings (SSSR count). The van der Waals surface area contributed by atoms with Gasteiger partial charge in [-0.1, -0.05) is 72.4 Å². The fourth-order valence-electron chi connectivity index (χ4n) is 5.64. The highest BCUT2D eigenvalue weighted by Crippen LogP contribution is 2.42. The van der Waals surface area contributed by atoms with Crippen molar-refractivity contribution in [2.24, 2.45) is 0 Å². The number of benzene rings is 4. The lowest BCUT2D eigenvalue weighted by Crippen LogP contribution is -2.49. The van der Waals surface area contributed by atoms with E-state index in [9.17, 15) is 9.59 Å². The average Bonchev–Trinajstić information content (AvgIpc) is 3.01. The van der Waals surface area contributed by atoms with Crippen molar-refractivity contribution in [3.8, 4) is 0 Å². The van der Waals surface area contributed by atoms with Crippen molar-refractivity contribution in [3.63, 3.8) is 0 Å². The van der Waals surface area contributed by atoms with Crippen molar-refractivity contribution in [1.29, 1.82) is 0 Å². The van der Waals surface area contributed by atoms with Crippen LogP contribution in [0.25, 0.3) is 6.08 Å². The zero-order valence-electron chi connectivity index (χ0n) is 24.3. The summed E-state index contributed by atoms with van der Waals surface area (Å²) in [5.41, 5.74) is 8.58. The second kappa shape index (κ2) is 11.9. The van der Waals surface area contributed by atoms with E-state index in [-0.39, 0.29) is 11.8 Å². The van der Waals surface area contributed by atoms with Crippen LogP contribution in [0.5, 0.6) is 0 Å². The van der Waals surface area contributed by atoms with Crippen molar-refractivity contribution in [2.45, 2.75) is 32.2 Å². The van der Waals surface area contributed by atoms with Crippen LogP contribution in [0.2, 0.25) is 0 Å². The van der Waals surface area contributed by atoms with E-state index in [1.807, 2.05) is 70.5 Å². The molecule has 212 valence electrons. The summed E-state index contributed by atoms with van der Waals surface area (Å²) in [6, 6.07) is 30.4. The lowest BCUT2D eigenvalue weighted by molar-refractivity contribution is -0.114. The standard InChI is InChI=1S/C36H35N3O2S/c1-25-12-13-27(3)32(22-25)37-18-20-38(21-19-37)35(40)29-16-14-28(15-17-29)23-34-36(41)39(24-30-9-5-4-8-26(30)2)31-10-6-7-11-33(31)42-34/h4-17,22-23H,18-21,24H2,1-3H3/b34-23+. The number of piperazine rings is 1. The van der Waals surface area contributed by atoms with Gasteiger partial charge in [0, 0.05) is 42.3 Å². The van der Waals surface area contributed by atoms with Gasteiger partial charge in [0.2, 0.25) is 0 Å². The Kier molecular flexibility index (Phi) is 7.90. The van der Waals surface area contributed by atoms with Crippen LogP contribution in [0.3, 0.4) is 0 Å². The number of rotatable bonds is 5. The Morgan fingerprint density at radius 2 is 1.50 bits per heavy atom. The summed E-state index contributed by atoms with van der Waals surface area (Å²) in [6.45, 7) is 9.88. The molecule has 0 bridgehead atoms. The minimum absolute atomic E-state index is 0.0103. The van der Waals surface area contributed by atoms with Crippen LogP contribution in [-0.4, -0.2) is 42.9 Å². The average molecular weight is 574 g/mol. The van der Waals surface area contributed by atoms with Crippen LogP contribution in [0.4, 0.5) is 11.4 Å². The second-order valence-electron chi connectivity index (χ2n) is 11.1. The third kappa shape index (κ3) is 5.72. The Morgan fingerprint density at radius 1 is 0.786 bits per heavy atom. The number of hydrogen-bond acceptors (Lipinski definition) is 4. The van der Waals surface area contributed by atoms with E-state index in [1.54, 1.807) is 0 Å². The molecule has 4 aromatic rings. The fourth-order valence-corrected chi connectivity index (χ4v) is 6.70. The summed E-state index contributed by atoms with van der Waals surface area (Å²) in [6.07, 6.45) is 1.94. The summed E-state index contributed by atoms with van der Waals surface area (Å²) in [4.78, 5) is 35.0. The number of para-hydroxylation sites is 1. The molecule has 2 amide bonds. The Labute approximate surface area is 252 Å². The third-order valence-corrected chi connectivity index (χ3v) is 9.23. The van der Waals surface area contributed by atoms with Gasteiger partial charge in [0.1, 0.15) is 0 Å². The number of anilines is 2. The molecule has 0 aromatic heterocycles. The molecule has 0 saturated carbocycles. The van der Waals surface area contributed by atoms with E-state index in [1.165, 1.54) is 34.1 Å². The topological polar surface area (TPSA) is 43.9 Å². The van der Waals surface area contributed by atoms with Gasteiger partial charge in [0.25, 0.3) is 11.8 Å². The summed E-state index contributed by atoms with van der Waals surface area (Å²) < 4.78 is 0. The third-order valence-electron chi connectivity index (χ3n) is 8.15. The first kappa shape index (κ1) is 27.9. The maximum absolute atomic E-state index is 13.7. The maximum Gasteiger partial charge on any atom is 0.265 e. The number of carbonyl (C=O) groups excluding carboxylic acids is 2. The van der Waals surface area contributed by atoms with E-state index in [4.69, 9.17) is 0 Å². The molecule has 6 heteroatoms. The first-order chi connectivity index (χ1) is 20.4. The smallest absolute Gasteiger partial charge is 0.265 e. The second-order valence-corrected chi connectivity index (χ2v) is 12.2. The zero-order valence-corrected chi connectivity index (χ0v) is 25.2. The first-order valence-corrected chi connectivity index (χ1v) is 15.3. The van der Waals surface area contributed by atoms with Crippen LogP contribution < -0.4 is 9.80 Å². The van der Waals surface area contributed by atoms with Crippen LogP contribution in [-0.2, 0) is 11.3 Å². The van der Waals surface area contributed by atoms with Gasteiger partial charge in [-0.2, -0.15) is 0 Å². The van der Waals surface area contributed by atoms with Gasteiger partial charge in [-0.3, -0.25) is 9.59 Å². The van der Waals surface area contributed by atoms with Gasteiger partial charge in [0.15, 0.2) is 0 Å². The van der Waals surface area contributed by atoms with E-state index < -0.39 is 0 Å². The number of hydrogen-bond donors (Lipinski definition) is 0. The van der Waals surface area contributed by atoms with Crippen molar-refractivity contribution in [1.82, 2.24) is 4.90 Å². The molecular weight excluding hydrogens is 538 g/mol. The largest absolute Gasteiger partial charge is 0.368 e. The molecule has 4 aromatic carbocycles. The highest BCUT2D eigenvalue weighted by Gasteiger charge is 2.29. The van der Waals surface area contributed by atoms with E-state index in [0.717, 1.165) is 34.8 Å². The number of fused-ring (bicyclic) bond motifs is 1. The maximum atomic E-state index is 13.7. The van der Waals surface area contributed by atoms with E-state index in [2.05, 4.69) is 62.1 Å². The fraction of sp³-hybridized carbons (Fsp3) is 0.222. The Balaban J connectivity index is 1.16. The number of amides is 2. The molecule has 1 fully saturated rings. The quantitative estimate of drug-likeness (QED) is 0.236. The van der Waals surface area contributed by atoms with Gasteiger partial charge < -0.3 is 14.7 Å². The van der Waals surface area contributed by atoms with E-state index >= 15 is 0 Å². The SMILES string of the molecule is Cc1ccc(C)c(N2CCN(C(=O)c3ccc(/C=C4/Sc5ccccc5N(Cc5ccccc5C)C4=O)cc3)CC2)c1. The molecule has 2 heterocycles. The summed E-state index contributed by atoms with van der Waals surface area (Å²) in [5, 5.41) is 0. The molecule has 0 N–H and O–H groups in total. The van der Waals surface area contributed by atoms with Gasteiger partial charge in [-0.15, -0.1) is 0 Å². The Morgan fingerprint density at radius 3 is 2.26 bits per heavy atom. The highest BCUT2D eigenvalue weighted by molar-refractivity contribution is 8.04. The van der Waals surface area contributed by atoms with Crippen molar-refractivity contribution >= 4 is 41.0 Å². The summed E-state index contributed by atoms with van der Waals surface area (Å²) in [7, 11) is 0. The Hall–Kier alpha value is -4.29. The summed E-state index contributed by atoms with van der Waals surface area (Å²) >= 11 is 1.50. The van der Waals surface area contributed by atoms with Gasteiger partial charge >= 0.3 is 0 Å². The molecule has 0 atom stereocenters. The lowest BCUT2D eigenvalue weighted by Gasteiger charge is -2.37. The van der Waals surface area contributed by atoms with Crippen LogP contribution in [0.15, 0.2) is 101 Å². The first-order valence-electron chi connectivity index (χ1n) is 14.4. The number of aryl methyl sites for hydroxylation is 3. The lowest BCUT2D eigenvalue weighted by atomic mass is 10.1. The number of carbonyl (C=O) groups is 2. The predicted octanol–water partition coefficient (Wildman–Crippen LogP) is 7.25. The molecule has 2 aliphatic rings. The molecule has 42 heavy (non-hydrogen) atoms. The molecule has 5 nitrogen and oxygen atoms in total. The minimum Gasteiger partial charge on any atom is -0.368 e. The molecule has 0 aliphatic carbocycles.